The number of aliphatic hydroxyl groups is 5. The zero-order chi connectivity index (χ0) is 30.0. The molecule has 2 fully saturated rings. The van der Waals surface area contributed by atoms with E-state index in [4.69, 9.17) is 14.0 Å². The first-order valence-corrected chi connectivity index (χ1v) is 14.5. The Morgan fingerprint density at radius 2 is 1.70 bits per heavy atom. The number of nitrogens with one attached hydrogen (secondary N) is 2. The number of aromatic nitrogens is 2. The normalized spacial score (nSPS) is 35.5. The monoisotopic (exact) mass is 621 g/mol. The van der Waals surface area contributed by atoms with Crippen molar-refractivity contribution in [3.63, 3.8) is 0 Å². The number of ether oxygens (including phenoxy) is 2. The minimum Gasteiger partial charge on any atom is -0.394 e. The Morgan fingerprint density at radius 1 is 1.05 bits per heavy atom. The Bertz CT molecular complexity index is 1260. The molecule has 2 aliphatic heterocycles. The second kappa shape index (κ2) is 13.0. The highest BCUT2D eigenvalue weighted by atomic mass is 31.3. The molecule has 0 bridgehead atoms. The largest absolute Gasteiger partial charge is 0.483 e. The summed E-state index contributed by atoms with van der Waals surface area (Å²) < 4.78 is 49.5. The number of aromatic amines is 1. The van der Waals surface area contributed by atoms with Gasteiger partial charge in [-0.25, -0.2) is 13.9 Å². The number of carbonyl (C=O) groups excluding carboxylic acids is 1. The summed E-state index contributed by atoms with van der Waals surface area (Å²) in [5.74, 6) is -0.708. The van der Waals surface area contributed by atoms with Gasteiger partial charge in [-0.2, -0.15) is 4.31 Å². The van der Waals surface area contributed by atoms with E-state index < -0.39 is 101 Å². The molecule has 0 saturated carbocycles. The minimum absolute atomic E-state index is 0.121. The van der Waals surface area contributed by atoms with Crippen molar-refractivity contribution in [2.24, 2.45) is 0 Å². The van der Waals surface area contributed by atoms with E-state index in [9.17, 15) is 58.8 Å². The molecule has 228 valence electrons. The van der Waals surface area contributed by atoms with Gasteiger partial charge in [0, 0.05) is 18.7 Å². The number of phosphoric ester groups is 2. The van der Waals surface area contributed by atoms with Crippen molar-refractivity contribution in [2.75, 3.05) is 13.2 Å². The van der Waals surface area contributed by atoms with E-state index in [2.05, 4.69) is 14.2 Å². The molecule has 0 spiro atoms. The molecule has 0 aromatic carbocycles. The van der Waals surface area contributed by atoms with Gasteiger partial charge >= 0.3 is 21.3 Å². The Kier molecular flexibility index (Phi) is 10.6. The van der Waals surface area contributed by atoms with Crippen LogP contribution in [0.2, 0.25) is 0 Å². The van der Waals surface area contributed by atoms with Crippen molar-refractivity contribution in [1.29, 1.82) is 0 Å². The van der Waals surface area contributed by atoms with Crippen LogP contribution in [0.5, 0.6) is 0 Å². The Morgan fingerprint density at radius 3 is 2.30 bits per heavy atom. The molecule has 1 amide bonds. The third-order valence-corrected chi connectivity index (χ3v) is 8.44. The minimum atomic E-state index is -5.64. The summed E-state index contributed by atoms with van der Waals surface area (Å²) in [4.78, 5) is 56.9. The summed E-state index contributed by atoms with van der Waals surface area (Å²) in [5, 5.41) is 52.3. The smallest absolute Gasteiger partial charge is 0.394 e. The van der Waals surface area contributed by atoms with Gasteiger partial charge in [0.25, 0.3) is 5.56 Å². The van der Waals surface area contributed by atoms with E-state index in [-0.39, 0.29) is 6.42 Å². The number of amides is 1. The Labute approximate surface area is 223 Å². The standard InChI is InChI=1S/C18H29N3O17P2/c1-2-9(23)19-11-14(27)12(25)7(5-22)36-17(11)37-40(32,33)38-39(30,31)34-6-8-13(26)15(28)16(35-8)21-4-3-10(24)20-18(21)29/h3-4,7-8,11-17,22,25-28H,2,5-6H2,1H3,(H,19,23)(H,30,31)(H,32,33)(H,20,24,29)/t7-,8-,11+,12-,13-,14-,15-,16-,17-/m1/s1. The average Bonchev–Trinajstić information content (AvgIpc) is 3.14. The van der Waals surface area contributed by atoms with Gasteiger partial charge in [-0.3, -0.25) is 28.2 Å². The summed E-state index contributed by atoms with van der Waals surface area (Å²) in [7, 11) is -11.2. The quantitative estimate of drug-likeness (QED) is 0.106. The van der Waals surface area contributed by atoms with Crippen molar-refractivity contribution < 1.29 is 72.1 Å². The molecule has 2 aliphatic rings. The van der Waals surface area contributed by atoms with Gasteiger partial charge in [-0.15, -0.1) is 0 Å². The third-order valence-electron chi connectivity index (χ3n) is 5.84. The van der Waals surface area contributed by atoms with Crippen molar-refractivity contribution in [1.82, 2.24) is 14.9 Å². The fourth-order valence-corrected chi connectivity index (χ4v) is 5.97. The molecule has 20 nitrogen and oxygen atoms in total. The molecule has 9 N–H and O–H groups in total. The van der Waals surface area contributed by atoms with Crippen molar-refractivity contribution in [3.05, 3.63) is 33.1 Å². The van der Waals surface area contributed by atoms with Crippen molar-refractivity contribution in [2.45, 2.75) is 68.5 Å². The van der Waals surface area contributed by atoms with Crippen LogP contribution in [0.15, 0.2) is 21.9 Å². The molecule has 22 heteroatoms. The van der Waals surface area contributed by atoms with Crippen LogP contribution in [0.25, 0.3) is 0 Å². The van der Waals surface area contributed by atoms with E-state index in [1.165, 1.54) is 6.92 Å². The number of rotatable bonds is 11. The molecule has 3 heterocycles. The Balaban J connectivity index is 1.66. The fourth-order valence-electron chi connectivity index (χ4n) is 3.81. The first kappa shape index (κ1) is 32.6. The van der Waals surface area contributed by atoms with Crippen LogP contribution in [0.4, 0.5) is 0 Å². The van der Waals surface area contributed by atoms with Crippen molar-refractivity contribution >= 4 is 21.6 Å². The average molecular weight is 621 g/mol. The van der Waals surface area contributed by atoms with E-state index in [1.807, 2.05) is 4.98 Å². The van der Waals surface area contributed by atoms with Gasteiger partial charge in [-0.05, 0) is 0 Å². The number of nitrogens with zero attached hydrogens (tertiary/aromatic N) is 1. The van der Waals surface area contributed by atoms with Gasteiger partial charge in [0.1, 0.15) is 42.7 Å². The lowest BCUT2D eigenvalue weighted by atomic mass is 9.97. The molecule has 0 aliphatic carbocycles. The second-order valence-electron chi connectivity index (χ2n) is 8.64. The summed E-state index contributed by atoms with van der Waals surface area (Å²) in [6.07, 6.45) is -13.1. The maximum Gasteiger partial charge on any atom is 0.483 e. The topological polar surface area (TPSA) is 306 Å². The van der Waals surface area contributed by atoms with E-state index in [1.54, 1.807) is 0 Å². The number of phosphoric acid groups is 2. The second-order valence-corrected chi connectivity index (χ2v) is 11.6. The van der Waals surface area contributed by atoms with Crippen LogP contribution in [0.3, 0.4) is 0 Å². The molecule has 11 atom stereocenters. The lowest BCUT2D eigenvalue weighted by Gasteiger charge is -2.42. The highest BCUT2D eigenvalue weighted by molar-refractivity contribution is 7.61. The van der Waals surface area contributed by atoms with E-state index in [0.29, 0.717) is 0 Å². The summed E-state index contributed by atoms with van der Waals surface area (Å²) in [5.41, 5.74) is -1.75. The van der Waals surface area contributed by atoms with Gasteiger partial charge in [-0.1, -0.05) is 6.92 Å². The molecule has 2 unspecified atom stereocenters. The summed E-state index contributed by atoms with van der Waals surface area (Å²) in [6.45, 7) is -0.502. The van der Waals surface area contributed by atoms with Crippen LogP contribution in [0, 0.1) is 0 Å². The number of hydrogen-bond donors (Lipinski definition) is 9. The maximum absolute atomic E-state index is 12.5. The lowest BCUT2D eigenvalue weighted by molar-refractivity contribution is -0.248. The van der Waals surface area contributed by atoms with Crippen LogP contribution in [0.1, 0.15) is 19.6 Å². The van der Waals surface area contributed by atoms with Crippen LogP contribution < -0.4 is 16.6 Å². The van der Waals surface area contributed by atoms with Crippen LogP contribution >= 0.6 is 15.6 Å². The maximum atomic E-state index is 12.5. The zero-order valence-electron chi connectivity index (χ0n) is 20.5. The van der Waals surface area contributed by atoms with Crippen LogP contribution in [-0.2, 0) is 36.8 Å². The lowest BCUT2D eigenvalue weighted by Crippen LogP contribution is -2.64. The predicted octanol–water partition coefficient (Wildman–Crippen LogP) is -4.26. The molecule has 40 heavy (non-hydrogen) atoms. The Hall–Kier alpha value is -1.87. The zero-order valence-corrected chi connectivity index (χ0v) is 22.3. The molecular formula is C18H29N3O17P2. The number of aliphatic hydroxyl groups excluding tert-OH is 5. The molecular weight excluding hydrogens is 592 g/mol. The molecule has 0 radical (unpaired) electrons. The van der Waals surface area contributed by atoms with E-state index >= 15 is 0 Å². The van der Waals surface area contributed by atoms with Gasteiger partial charge in [0.05, 0.1) is 13.2 Å². The number of hydrogen-bond acceptors (Lipinski definition) is 15. The molecule has 2 saturated heterocycles. The van der Waals surface area contributed by atoms with E-state index in [0.717, 1.165) is 16.8 Å². The van der Waals surface area contributed by atoms with Gasteiger partial charge < -0.3 is 50.1 Å². The van der Waals surface area contributed by atoms with Crippen molar-refractivity contribution in [3.8, 4) is 0 Å². The molecule has 3 rings (SSSR count). The SMILES string of the molecule is CCC(=O)N[C@@H]1[C@@H](OP(=O)(O)OP(=O)(O)OC[C@H]2O[C@@H](n3ccc(=O)[nH]c3=O)[C@H](O)[C@@H]2O)O[C@H](CO)[C@@H](O)[C@@H]1O. The first-order valence-electron chi connectivity index (χ1n) is 11.5. The first-order chi connectivity index (χ1) is 18.6. The fraction of sp³-hybridized carbons (Fsp3) is 0.722. The highest BCUT2D eigenvalue weighted by Crippen LogP contribution is 2.61. The molecule has 1 aromatic rings. The number of H-pyrrole nitrogens is 1. The van der Waals surface area contributed by atoms with Crippen LogP contribution in [-0.4, -0.2) is 113 Å². The predicted molar refractivity (Wildman–Crippen MR) is 125 cm³/mol. The van der Waals surface area contributed by atoms with Gasteiger partial charge in [0.15, 0.2) is 12.5 Å². The molecule has 1 aromatic heterocycles. The summed E-state index contributed by atoms with van der Waals surface area (Å²) >= 11 is 0. The third kappa shape index (κ3) is 7.69. The van der Waals surface area contributed by atoms with Gasteiger partial charge in [0.2, 0.25) is 5.91 Å². The number of carbonyl (C=O) groups is 1. The highest BCUT2D eigenvalue weighted by Gasteiger charge is 2.50. The summed E-state index contributed by atoms with van der Waals surface area (Å²) in [6, 6.07) is -0.760.